The maximum absolute atomic E-state index is 14.7. The second-order valence-corrected chi connectivity index (χ2v) is 6.55. The van der Waals surface area contributed by atoms with E-state index < -0.39 is 11.9 Å². The summed E-state index contributed by atoms with van der Waals surface area (Å²) in [5, 5.41) is 2.65. The Bertz CT molecular complexity index is 724. The number of carbonyl (C=O) groups excluding carboxylic acids is 3. The first-order valence-corrected chi connectivity index (χ1v) is 8.72. The maximum atomic E-state index is 14.7. The third kappa shape index (κ3) is 3.95. The number of nitrogens with zero attached hydrogens (tertiary/aromatic N) is 2. The molecule has 0 aromatic heterocycles. The van der Waals surface area contributed by atoms with Gasteiger partial charge in [0.1, 0.15) is 18.2 Å². The van der Waals surface area contributed by atoms with Crippen LogP contribution in [0.5, 0.6) is 0 Å². The third-order valence-electron chi connectivity index (χ3n) is 4.64. The second-order valence-electron chi connectivity index (χ2n) is 6.55. The van der Waals surface area contributed by atoms with Crippen molar-refractivity contribution in [2.45, 2.75) is 32.2 Å². The van der Waals surface area contributed by atoms with Gasteiger partial charge in [0.15, 0.2) is 0 Å². The van der Waals surface area contributed by atoms with E-state index in [1.165, 1.54) is 17.9 Å². The third-order valence-corrected chi connectivity index (χ3v) is 4.64. The molecule has 3 rings (SSSR count). The highest BCUT2D eigenvalue weighted by Gasteiger charge is 2.34. The average molecular weight is 363 g/mol. The van der Waals surface area contributed by atoms with Crippen molar-refractivity contribution in [2.24, 2.45) is 0 Å². The van der Waals surface area contributed by atoms with Gasteiger partial charge in [0.05, 0.1) is 17.4 Å². The summed E-state index contributed by atoms with van der Waals surface area (Å²) in [5.41, 5.74) is 0.810. The number of halogens is 1. The molecular formula is C18H22FN3O4. The number of amides is 2. The van der Waals surface area contributed by atoms with Crippen LogP contribution in [0.4, 0.5) is 20.6 Å². The Morgan fingerprint density at radius 1 is 1.31 bits per heavy atom. The average Bonchev–Trinajstić information content (AvgIpc) is 2.83. The molecule has 8 heteroatoms. The van der Waals surface area contributed by atoms with E-state index in [1.54, 1.807) is 12.1 Å². The number of nitrogens with one attached hydrogen (secondary N) is 1. The molecule has 7 nitrogen and oxygen atoms in total. The molecule has 0 spiro atoms. The fourth-order valence-electron chi connectivity index (χ4n) is 3.30. The van der Waals surface area contributed by atoms with Gasteiger partial charge in [-0.1, -0.05) is 0 Å². The molecule has 2 aliphatic heterocycles. The Labute approximate surface area is 151 Å². The molecule has 0 radical (unpaired) electrons. The summed E-state index contributed by atoms with van der Waals surface area (Å²) in [7, 11) is 0. The Balaban J connectivity index is 1.78. The summed E-state index contributed by atoms with van der Waals surface area (Å²) in [6.45, 7) is 2.88. The molecule has 0 bridgehead atoms. The molecule has 1 aromatic carbocycles. The SMILES string of the molecule is CC(=O)NC[C@H]1COC(=O)N1c1ccc(N2CCCC(=O)CC2)c(F)c1. The van der Waals surface area contributed by atoms with Gasteiger partial charge in [-0.15, -0.1) is 0 Å². The zero-order valence-corrected chi connectivity index (χ0v) is 14.7. The number of ketones is 1. The quantitative estimate of drug-likeness (QED) is 0.883. The summed E-state index contributed by atoms with van der Waals surface area (Å²) in [6, 6.07) is 4.21. The summed E-state index contributed by atoms with van der Waals surface area (Å²) >= 11 is 0. The summed E-state index contributed by atoms with van der Waals surface area (Å²) in [6.07, 6.45) is 1.09. The highest BCUT2D eigenvalue weighted by molar-refractivity contribution is 5.91. The highest BCUT2D eigenvalue weighted by atomic mass is 19.1. The normalized spacial score (nSPS) is 20.8. The van der Waals surface area contributed by atoms with Crippen molar-refractivity contribution in [3.8, 4) is 0 Å². The van der Waals surface area contributed by atoms with Gasteiger partial charge in [0, 0.05) is 39.4 Å². The molecule has 0 aliphatic carbocycles. The number of cyclic esters (lactones) is 1. The van der Waals surface area contributed by atoms with E-state index in [1.807, 2.05) is 4.90 Å². The Kier molecular flexibility index (Phi) is 5.39. The number of benzene rings is 1. The van der Waals surface area contributed by atoms with Crippen molar-refractivity contribution in [2.75, 3.05) is 36.0 Å². The van der Waals surface area contributed by atoms with Crippen LogP contribution in [0, 0.1) is 5.82 Å². The van der Waals surface area contributed by atoms with Crippen molar-refractivity contribution in [3.05, 3.63) is 24.0 Å². The molecule has 26 heavy (non-hydrogen) atoms. The number of Topliss-reactive ketones (excluding diaryl/α,β-unsaturated/α-hetero) is 1. The van der Waals surface area contributed by atoms with Crippen molar-refractivity contribution >= 4 is 29.2 Å². The second kappa shape index (κ2) is 7.72. The molecular weight excluding hydrogens is 341 g/mol. The number of hydrogen-bond acceptors (Lipinski definition) is 5. The lowest BCUT2D eigenvalue weighted by Gasteiger charge is -2.25. The molecule has 2 heterocycles. The minimum atomic E-state index is -0.562. The number of carbonyl (C=O) groups is 3. The van der Waals surface area contributed by atoms with Gasteiger partial charge in [0.2, 0.25) is 5.91 Å². The van der Waals surface area contributed by atoms with Crippen LogP contribution in [0.2, 0.25) is 0 Å². The van der Waals surface area contributed by atoms with Crippen LogP contribution in [0.15, 0.2) is 18.2 Å². The highest BCUT2D eigenvalue weighted by Crippen LogP contribution is 2.29. The van der Waals surface area contributed by atoms with Crippen molar-refractivity contribution in [1.82, 2.24) is 5.32 Å². The van der Waals surface area contributed by atoms with Gasteiger partial charge in [-0.2, -0.15) is 0 Å². The molecule has 2 saturated heterocycles. The molecule has 0 saturated carbocycles. The fraction of sp³-hybridized carbons (Fsp3) is 0.500. The number of ether oxygens (including phenoxy) is 1. The molecule has 2 fully saturated rings. The zero-order chi connectivity index (χ0) is 18.7. The standard InChI is InChI=1S/C18H22FN3O4/c1-12(23)20-10-14-11-26-18(25)22(14)13-4-5-17(16(19)9-13)21-7-2-3-15(24)6-8-21/h4-5,9,14H,2-3,6-8,10-11H2,1H3,(H,20,23)/t14-/m0/s1. The van der Waals surface area contributed by atoms with Crippen LogP contribution in [-0.4, -0.2) is 50.1 Å². The molecule has 1 aromatic rings. The first-order chi connectivity index (χ1) is 12.5. The van der Waals surface area contributed by atoms with E-state index in [0.717, 1.165) is 0 Å². The van der Waals surface area contributed by atoms with E-state index in [0.29, 0.717) is 43.7 Å². The van der Waals surface area contributed by atoms with Crippen LogP contribution in [0.3, 0.4) is 0 Å². The smallest absolute Gasteiger partial charge is 0.414 e. The van der Waals surface area contributed by atoms with Crippen molar-refractivity contribution in [3.63, 3.8) is 0 Å². The Morgan fingerprint density at radius 3 is 2.85 bits per heavy atom. The number of rotatable bonds is 4. The van der Waals surface area contributed by atoms with Crippen LogP contribution in [0.25, 0.3) is 0 Å². The summed E-state index contributed by atoms with van der Waals surface area (Å²) < 4.78 is 19.8. The lowest BCUT2D eigenvalue weighted by molar-refractivity contribution is -0.119. The van der Waals surface area contributed by atoms with Crippen molar-refractivity contribution < 1.29 is 23.5 Å². The minimum absolute atomic E-state index is 0.136. The lowest BCUT2D eigenvalue weighted by atomic mass is 10.2. The molecule has 1 atom stereocenters. The number of anilines is 2. The zero-order valence-electron chi connectivity index (χ0n) is 14.7. The maximum Gasteiger partial charge on any atom is 0.414 e. The molecule has 2 amide bonds. The molecule has 140 valence electrons. The summed E-state index contributed by atoms with van der Waals surface area (Å²) in [5.74, 6) is -0.457. The summed E-state index contributed by atoms with van der Waals surface area (Å²) in [4.78, 5) is 37.9. The monoisotopic (exact) mass is 363 g/mol. The van der Waals surface area contributed by atoms with Crippen LogP contribution in [0.1, 0.15) is 26.2 Å². The van der Waals surface area contributed by atoms with Gasteiger partial charge in [-0.3, -0.25) is 14.5 Å². The first kappa shape index (κ1) is 18.2. The number of hydrogen-bond donors (Lipinski definition) is 1. The van der Waals surface area contributed by atoms with Crippen LogP contribution < -0.4 is 15.1 Å². The first-order valence-electron chi connectivity index (χ1n) is 8.72. The van der Waals surface area contributed by atoms with E-state index in [2.05, 4.69) is 5.32 Å². The Morgan fingerprint density at radius 2 is 2.12 bits per heavy atom. The van der Waals surface area contributed by atoms with Gasteiger partial charge in [-0.05, 0) is 24.6 Å². The van der Waals surface area contributed by atoms with Crippen LogP contribution >= 0.6 is 0 Å². The van der Waals surface area contributed by atoms with Gasteiger partial charge >= 0.3 is 6.09 Å². The molecule has 1 N–H and O–H groups in total. The van der Waals surface area contributed by atoms with E-state index >= 15 is 0 Å². The van der Waals surface area contributed by atoms with Crippen LogP contribution in [-0.2, 0) is 14.3 Å². The predicted octanol–water partition coefficient (Wildman–Crippen LogP) is 1.85. The lowest BCUT2D eigenvalue weighted by Crippen LogP contribution is -2.42. The predicted molar refractivity (Wildman–Crippen MR) is 93.8 cm³/mol. The largest absolute Gasteiger partial charge is 0.447 e. The fourth-order valence-corrected chi connectivity index (χ4v) is 3.30. The van der Waals surface area contributed by atoms with E-state index in [4.69, 9.17) is 4.74 Å². The van der Waals surface area contributed by atoms with Gasteiger partial charge in [-0.25, -0.2) is 9.18 Å². The van der Waals surface area contributed by atoms with E-state index in [9.17, 15) is 18.8 Å². The minimum Gasteiger partial charge on any atom is -0.447 e. The topological polar surface area (TPSA) is 79.0 Å². The Hall–Kier alpha value is -2.64. The van der Waals surface area contributed by atoms with Gasteiger partial charge in [0.25, 0.3) is 0 Å². The molecule has 2 aliphatic rings. The van der Waals surface area contributed by atoms with E-state index in [-0.39, 0.29) is 30.9 Å². The van der Waals surface area contributed by atoms with Gasteiger partial charge < -0.3 is 15.0 Å². The van der Waals surface area contributed by atoms with Crippen molar-refractivity contribution in [1.29, 1.82) is 0 Å². The molecule has 0 unspecified atom stereocenters.